The van der Waals surface area contributed by atoms with Gasteiger partial charge in [0.15, 0.2) is 0 Å². The van der Waals surface area contributed by atoms with Gasteiger partial charge < -0.3 is 10.1 Å². The van der Waals surface area contributed by atoms with Gasteiger partial charge in [-0.1, -0.05) is 37.5 Å². The Hall–Kier alpha value is -3.74. The summed E-state index contributed by atoms with van der Waals surface area (Å²) >= 11 is 0. The van der Waals surface area contributed by atoms with Crippen LogP contribution in [0.3, 0.4) is 0 Å². The van der Waals surface area contributed by atoms with Crippen LogP contribution >= 0.6 is 0 Å². The molecule has 1 N–H and O–H groups in total. The number of anilines is 1. The lowest BCUT2D eigenvalue weighted by molar-refractivity contribution is -0.123. The molecule has 0 bridgehead atoms. The second-order valence-electron chi connectivity index (χ2n) is 8.12. The highest BCUT2D eigenvalue weighted by molar-refractivity contribution is 6.09. The quantitative estimate of drug-likeness (QED) is 0.587. The zero-order valence-electron chi connectivity index (χ0n) is 18.7. The van der Waals surface area contributed by atoms with Crippen LogP contribution in [0.15, 0.2) is 73.2 Å². The number of aromatic nitrogens is 2. The van der Waals surface area contributed by atoms with Crippen molar-refractivity contribution in [2.75, 3.05) is 12.0 Å². The van der Waals surface area contributed by atoms with E-state index in [-0.39, 0.29) is 23.6 Å². The maximum Gasteiger partial charge on any atom is 0.277 e. The van der Waals surface area contributed by atoms with E-state index in [2.05, 4.69) is 15.3 Å². The molecule has 4 rings (SSSR count). The van der Waals surface area contributed by atoms with E-state index in [0.29, 0.717) is 17.0 Å². The third kappa shape index (κ3) is 5.37. The Balaban J connectivity index is 1.77. The van der Waals surface area contributed by atoms with Crippen molar-refractivity contribution in [2.24, 2.45) is 0 Å². The van der Waals surface area contributed by atoms with Crippen LogP contribution in [0.4, 0.5) is 5.69 Å². The fraction of sp³-hybridized carbons (Fsp3) is 0.308. The number of carbonyl (C=O) groups excluding carboxylic acids is 2. The van der Waals surface area contributed by atoms with Gasteiger partial charge in [0, 0.05) is 18.4 Å². The summed E-state index contributed by atoms with van der Waals surface area (Å²) in [7, 11) is 1.59. The Morgan fingerprint density at radius 3 is 2.42 bits per heavy atom. The molecule has 0 radical (unpaired) electrons. The summed E-state index contributed by atoms with van der Waals surface area (Å²) in [5, 5.41) is 3.20. The summed E-state index contributed by atoms with van der Waals surface area (Å²) in [4.78, 5) is 37.4. The molecule has 1 aliphatic carbocycles. The third-order valence-corrected chi connectivity index (χ3v) is 5.92. The van der Waals surface area contributed by atoms with Crippen LogP contribution < -0.4 is 15.0 Å². The molecule has 0 aliphatic heterocycles. The molecule has 1 fully saturated rings. The number of ether oxygens (including phenoxy) is 1. The minimum atomic E-state index is -0.892. The standard InChI is InChI=1S/C26H28N4O3/c1-33-22-14-12-19(13-15-22)24(25(31)29-20-8-3-2-4-9-20)30(21-10-7-16-27-18-21)26(32)23-11-5-6-17-28-23/h5-7,10-18,20,24H,2-4,8-9H2,1H3,(H,29,31)/t24-/m0/s1. The average molecular weight is 445 g/mol. The fourth-order valence-electron chi connectivity index (χ4n) is 4.22. The molecule has 7 heteroatoms. The van der Waals surface area contributed by atoms with Gasteiger partial charge in [-0.2, -0.15) is 0 Å². The van der Waals surface area contributed by atoms with Crippen LogP contribution in [0.5, 0.6) is 5.75 Å². The van der Waals surface area contributed by atoms with Crippen molar-refractivity contribution in [3.8, 4) is 5.75 Å². The summed E-state index contributed by atoms with van der Waals surface area (Å²) in [5.74, 6) is 0.0811. The van der Waals surface area contributed by atoms with E-state index in [0.717, 1.165) is 25.7 Å². The first-order valence-electron chi connectivity index (χ1n) is 11.3. The Bertz CT molecular complexity index is 1050. The lowest BCUT2D eigenvalue weighted by Gasteiger charge is -2.33. The maximum absolute atomic E-state index is 13.7. The van der Waals surface area contributed by atoms with E-state index in [9.17, 15) is 9.59 Å². The second-order valence-corrected chi connectivity index (χ2v) is 8.12. The Morgan fingerprint density at radius 1 is 1.00 bits per heavy atom. The molecule has 2 aromatic heterocycles. The first-order chi connectivity index (χ1) is 16.2. The molecule has 3 aromatic rings. The number of hydrogen-bond donors (Lipinski definition) is 1. The summed E-state index contributed by atoms with van der Waals surface area (Å²) in [6.45, 7) is 0. The predicted octanol–water partition coefficient (Wildman–Crippen LogP) is 4.32. The van der Waals surface area contributed by atoms with Crippen molar-refractivity contribution < 1.29 is 14.3 Å². The number of hydrogen-bond acceptors (Lipinski definition) is 5. The van der Waals surface area contributed by atoms with Crippen LogP contribution in [0.1, 0.15) is 54.2 Å². The van der Waals surface area contributed by atoms with E-state index < -0.39 is 6.04 Å². The molecule has 1 atom stereocenters. The molecule has 0 unspecified atom stereocenters. The van der Waals surface area contributed by atoms with Gasteiger partial charge in [-0.3, -0.25) is 24.5 Å². The Labute approximate surface area is 193 Å². The SMILES string of the molecule is COc1ccc([C@@H](C(=O)NC2CCCCC2)N(C(=O)c2ccccn2)c2cccnc2)cc1. The predicted molar refractivity (Wildman–Crippen MR) is 126 cm³/mol. The van der Waals surface area contributed by atoms with Gasteiger partial charge in [0.05, 0.1) is 19.0 Å². The largest absolute Gasteiger partial charge is 0.497 e. The Morgan fingerprint density at radius 2 is 1.79 bits per heavy atom. The molecule has 2 amide bonds. The van der Waals surface area contributed by atoms with Crippen LogP contribution in [-0.2, 0) is 4.79 Å². The second kappa shape index (κ2) is 10.7. The highest BCUT2D eigenvalue weighted by Crippen LogP contribution is 2.31. The molecule has 0 saturated heterocycles. The topological polar surface area (TPSA) is 84.4 Å². The average Bonchev–Trinajstić information content (AvgIpc) is 2.88. The van der Waals surface area contributed by atoms with Gasteiger partial charge in [-0.15, -0.1) is 0 Å². The summed E-state index contributed by atoms with van der Waals surface area (Å²) in [6, 6.07) is 15.1. The van der Waals surface area contributed by atoms with Crippen LogP contribution in [-0.4, -0.2) is 34.9 Å². The minimum Gasteiger partial charge on any atom is -0.497 e. The lowest BCUT2D eigenvalue weighted by Crippen LogP contribution is -2.47. The van der Waals surface area contributed by atoms with Crippen LogP contribution in [0.25, 0.3) is 0 Å². The van der Waals surface area contributed by atoms with E-state index in [1.807, 2.05) is 12.1 Å². The van der Waals surface area contributed by atoms with Gasteiger partial charge in [-0.05, 0) is 54.8 Å². The molecule has 7 nitrogen and oxygen atoms in total. The van der Waals surface area contributed by atoms with Crippen molar-refractivity contribution in [3.05, 3.63) is 84.4 Å². The Kier molecular flexibility index (Phi) is 7.29. The van der Waals surface area contributed by atoms with Crippen molar-refractivity contribution in [1.82, 2.24) is 15.3 Å². The van der Waals surface area contributed by atoms with Gasteiger partial charge in [-0.25, -0.2) is 0 Å². The van der Waals surface area contributed by atoms with Crippen molar-refractivity contribution >= 4 is 17.5 Å². The molecule has 33 heavy (non-hydrogen) atoms. The fourth-order valence-corrected chi connectivity index (χ4v) is 4.22. The number of nitrogens with one attached hydrogen (secondary N) is 1. The highest BCUT2D eigenvalue weighted by atomic mass is 16.5. The van der Waals surface area contributed by atoms with E-state index in [1.54, 1.807) is 68.2 Å². The van der Waals surface area contributed by atoms with Gasteiger partial charge in [0.1, 0.15) is 17.5 Å². The minimum absolute atomic E-state index is 0.104. The monoisotopic (exact) mass is 444 g/mol. The molecule has 1 saturated carbocycles. The lowest BCUT2D eigenvalue weighted by atomic mass is 9.94. The van der Waals surface area contributed by atoms with Gasteiger partial charge in [0.2, 0.25) is 5.91 Å². The molecule has 1 aliphatic rings. The molecule has 0 spiro atoms. The zero-order chi connectivity index (χ0) is 23.0. The van der Waals surface area contributed by atoms with Crippen molar-refractivity contribution in [2.45, 2.75) is 44.2 Å². The molecule has 1 aromatic carbocycles. The van der Waals surface area contributed by atoms with Gasteiger partial charge >= 0.3 is 0 Å². The number of benzene rings is 1. The number of methoxy groups -OCH3 is 1. The molecular weight excluding hydrogens is 416 g/mol. The summed E-state index contributed by atoms with van der Waals surface area (Å²) in [5.41, 5.74) is 1.45. The molecule has 170 valence electrons. The van der Waals surface area contributed by atoms with Gasteiger partial charge in [0.25, 0.3) is 5.91 Å². The highest BCUT2D eigenvalue weighted by Gasteiger charge is 2.35. The van der Waals surface area contributed by atoms with Crippen molar-refractivity contribution in [1.29, 1.82) is 0 Å². The molecular formula is C26H28N4O3. The number of nitrogens with zero attached hydrogens (tertiary/aromatic N) is 3. The van der Waals surface area contributed by atoms with E-state index >= 15 is 0 Å². The van der Waals surface area contributed by atoms with Crippen LogP contribution in [0, 0.1) is 0 Å². The summed E-state index contributed by atoms with van der Waals surface area (Å²) in [6.07, 6.45) is 10.1. The number of pyridine rings is 2. The first kappa shape index (κ1) is 22.5. The molecule has 2 heterocycles. The summed E-state index contributed by atoms with van der Waals surface area (Å²) < 4.78 is 5.29. The number of rotatable bonds is 7. The van der Waals surface area contributed by atoms with E-state index in [1.165, 1.54) is 11.3 Å². The first-order valence-corrected chi connectivity index (χ1v) is 11.3. The smallest absolute Gasteiger partial charge is 0.277 e. The van der Waals surface area contributed by atoms with Crippen molar-refractivity contribution in [3.63, 3.8) is 0 Å². The third-order valence-electron chi connectivity index (χ3n) is 5.92. The van der Waals surface area contributed by atoms with Crippen LogP contribution in [0.2, 0.25) is 0 Å². The normalized spacial score (nSPS) is 14.8. The number of carbonyl (C=O) groups is 2. The van der Waals surface area contributed by atoms with E-state index in [4.69, 9.17) is 4.74 Å². The zero-order valence-corrected chi connectivity index (χ0v) is 18.7. The number of amides is 2. The maximum atomic E-state index is 13.7.